The van der Waals surface area contributed by atoms with Crippen molar-refractivity contribution in [1.82, 2.24) is 0 Å². The summed E-state index contributed by atoms with van der Waals surface area (Å²) in [6.07, 6.45) is 0. The molecule has 0 aromatic carbocycles. The molecule has 0 atom stereocenters. The van der Waals surface area contributed by atoms with Crippen LogP contribution in [0.15, 0.2) is 0 Å². The molecule has 0 rings (SSSR count). The summed E-state index contributed by atoms with van der Waals surface area (Å²) >= 11 is -1.18. The normalized spacial score (nSPS) is 9.60. The molecule has 5 heavy (non-hydrogen) atoms. The summed E-state index contributed by atoms with van der Waals surface area (Å²) in [6.45, 7) is 0. The van der Waals surface area contributed by atoms with Crippen molar-refractivity contribution in [2.75, 3.05) is 7.11 Å². The third-order valence-corrected chi connectivity index (χ3v) is 3.16. The molecular weight excluding hydrogens is 171 g/mol. The average Bonchev–Trinajstić information content (AvgIpc) is 1.38. The molecule has 0 saturated heterocycles. The van der Waals surface area contributed by atoms with E-state index in [2.05, 4.69) is 9.88 Å². The van der Waals surface area contributed by atoms with E-state index in [1.807, 2.05) is 0 Å². The van der Waals surface area contributed by atoms with Gasteiger partial charge in [0, 0.05) is 0 Å². The van der Waals surface area contributed by atoms with Gasteiger partial charge in [-0.25, -0.2) is 0 Å². The predicted molar refractivity (Wildman–Crippen MR) is 25.9 cm³/mol. The number of rotatable bonds is 1. The fourth-order valence-corrected chi connectivity index (χ4v) is 0. The monoisotopic (exact) mass is 182 g/mol. The Balaban J connectivity index is 2.54. The van der Waals surface area contributed by atoms with Crippen molar-refractivity contribution < 1.29 is 3.07 Å². The Morgan fingerprint density at radius 2 is 1.60 bits per heavy atom. The molecule has 0 aliphatic rings. The molecule has 0 fully saturated rings. The molecule has 0 radical (unpaired) electrons. The predicted octanol–water partition coefficient (Wildman–Crippen LogP) is 0.616. The molecule has 0 bridgehead atoms. The fourth-order valence-electron chi connectivity index (χ4n) is 0. The third kappa shape index (κ3) is 4.76. The van der Waals surface area contributed by atoms with Gasteiger partial charge in [0.25, 0.3) is 0 Å². The molecule has 0 unspecified atom stereocenters. The quantitative estimate of drug-likeness (QED) is 0.538. The molecule has 32 valence electrons. The zero-order valence-corrected chi connectivity index (χ0v) is 7.28. The second-order valence-corrected chi connectivity index (χ2v) is 8.62. The number of hydrogen-bond acceptors (Lipinski definition) is 1. The summed E-state index contributed by atoms with van der Waals surface area (Å²) in [5, 5.41) is 0. The Bertz CT molecular complexity index is 20.9. The summed E-state index contributed by atoms with van der Waals surface area (Å²) in [4.78, 5) is 4.42. The molecular formula is C3H10OSn. The van der Waals surface area contributed by atoms with Crippen LogP contribution in [0.1, 0.15) is 0 Å². The maximum absolute atomic E-state index is 4.96. The molecule has 0 spiro atoms. The van der Waals surface area contributed by atoms with Crippen LogP contribution in [0.2, 0.25) is 9.88 Å². The first-order chi connectivity index (χ1) is 2.27. The van der Waals surface area contributed by atoms with Gasteiger partial charge in [-0.05, 0) is 0 Å². The Morgan fingerprint density at radius 3 is 1.60 bits per heavy atom. The van der Waals surface area contributed by atoms with E-state index in [1.54, 1.807) is 7.11 Å². The van der Waals surface area contributed by atoms with Gasteiger partial charge in [0.15, 0.2) is 0 Å². The second kappa shape index (κ2) is 2.97. The van der Waals surface area contributed by atoms with Crippen molar-refractivity contribution in [3.05, 3.63) is 0 Å². The second-order valence-electron chi connectivity index (χ2n) is 1.28. The van der Waals surface area contributed by atoms with Crippen LogP contribution in [0.5, 0.6) is 0 Å². The molecule has 0 aliphatic heterocycles. The van der Waals surface area contributed by atoms with Gasteiger partial charge in [0.2, 0.25) is 0 Å². The van der Waals surface area contributed by atoms with E-state index in [0.29, 0.717) is 0 Å². The summed E-state index contributed by atoms with van der Waals surface area (Å²) in [5.74, 6) is 0. The van der Waals surface area contributed by atoms with E-state index in [-0.39, 0.29) is 0 Å². The summed E-state index contributed by atoms with van der Waals surface area (Å²) < 4.78 is 4.96. The molecule has 0 N–H and O–H groups in total. The molecule has 2 heteroatoms. The van der Waals surface area contributed by atoms with Crippen LogP contribution in [0.3, 0.4) is 0 Å². The Labute approximate surface area is 40.6 Å². The van der Waals surface area contributed by atoms with Crippen molar-refractivity contribution in [2.24, 2.45) is 0 Å². The van der Waals surface area contributed by atoms with Crippen LogP contribution >= 0.6 is 0 Å². The third-order valence-electron chi connectivity index (χ3n) is 0.471. The van der Waals surface area contributed by atoms with Crippen molar-refractivity contribution in [3.8, 4) is 0 Å². The topological polar surface area (TPSA) is 9.23 Å². The standard InChI is InChI=1S/CH3O.2CH3.Sn.H/c1-2;;;;/h1H3;2*1H3;;/q-1;;;+1;. The van der Waals surface area contributed by atoms with E-state index in [1.165, 1.54) is 0 Å². The van der Waals surface area contributed by atoms with Crippen LogP contribution in [-0.4, -0.2) is 27.3 Å². The molecule has 0 aliphatic carbocycles. The van der Waals surface area contributed by atoms with E-state index >= 15 is 0 Å². The minimum absolute atomic E-state index is 1.18. The summed E-state index contributed by atoms with van der Waals surface area (Å²) in [7, 11) is 1.79. The first-order valence-electron chi connectivity index (χ1n) is 1.80. The van der Waals surface area contributed by atoms with Gasteiger partial charge < -0.3 is 0 Å². The van der Waals surface area contributed by atoms with E-state index < -0.39 is 20.2 Å². The number of hydrogen-bond donors (Lipinski definition) is 0. The van der Waals surface area contributed by atoms with E-state index in [4.69, 9.17) is 3.07 Å². The molecule has 1 nitrogen and oxygen atoms in total. The van der Waals surface area contributed by atoms with Crippen molar-refractivity contribution in [1.29, 1.82) is 0 Å². The van der Waals surface area contributed by atoms with Crippen LogP contribution in [0.4, 0.5) is 0 Å². The first-order valence-corrected chi connectivity index (χ1v) is 9.74. The SMILES string of the molecule is C[O][SnH]([CH3])[CH3]. The van der Waals surface area contributed by atoms with Crippen molar-refractivity contribution in [2.45, 2.75) is 9.88 Å². The molecule has 0 saturated carbocycles. The van der Waals surface area contributed by atoms with Gasteiger partial charge >= 0.3 is 40.2 Å². The van der Waals surface area contributed by atoms with Gasteiger partial charge in [-0.1, -0.05) is 0 Å². The Hall–Kier alpha value is 0.759. The zero-order chi connectivity index (χ0) is 4.28. The molecule has 0 aromatic rings. The summed E-state index contributed by atoms with van der Waals surface area (Å²) in [6, 6.07) is 0. The Morgan fingerprint density at radius 1 is 1.40 bits per heavy atom. The Kier molecular flexibility index (Phi) is 3.42. The van der Waals surface area contributed by atoms with E-state index in [0.717, 1.165) is 0 Å². The van der Waals surface area contributed by atoms with Crippen LogP contribution < -0.4 is 0 Å². The summed E-state index contributed by atoms with van der Waals surface area (Å²) in [5.41, 5.74) is 0. The van der Waals surface area contributed by atoms with Gasteiger partial charge in [-0.15, -0.1) is 0 Å². The first kappa shape index (κ1) is 5.76. The van der Waals surface area contributed by atoms with Crippen molar-refractivity contribution in [3.63, 3.8) is 0 Å². The molecule has 0 amide bonds. The van der Waals surface area contributed by atoms with Gasteiger partial charge in [-0.2, -0.15) is 0 Å². The molecule has 0 heterocycles. The van der Waals surface area contributed by atoms with Crippen molar-refractivity contribution >= 4 is 20.2 Å². The fraction of sp³-hybridized carbons (Fsp3) is 1.00. The van der Waals surface area contributed by atoms with Crippen LogP contribution in [0.25, 0.3) is 0 Å². The van der Waals surface area contributed by atoms with Gasteiger partial charge in [-0.3, -0.25) is 0 Å². The van der Waals surface area contributed by atoms with Gasteiger partial charge in [0.1, 0.15) is 0 Å². The zero-order valence-electron chi connectivity index (χ0n) is 3.99. The van der Waals surface area contributed by atoms with Gasteiger partial charge in [0.05, 0.1) is 0 Å². The average molecular weight is 181 g/mol. The van der Waals surface area contributed by atoms with Crippen LogP contribution in [-0.2, 0) is 3.07 Å². The maximum atomic E-state index is 4.96. The minimum atomic E-state index is -1.18. The van der Waals surface area contributed by atoms with E-state index in [9.17, 15) is 0 Å². The molecule has 0 aromatic heterocycles. The van der Waals surface area contributed by atoms with Crippen LogP contribution in [0, 0.1) is 0 Å².